The van der Waals surface area contributed by atoms with Crippen molar-refractivity contribution in [2.75, 3.05) is 11.1 Å². The molecule has 2 aromatic rings. The standard InChI is InChI=1S/C12H12ClN3OS/c1-8-6-14-16-12(8)15-11(17)7-18-10-5-3-2-4-9(10)13/h2-6H,7H2,1H3,(H2,14,15,16,17). The number of carbonyl (C=O) groups is 1. The molecule has 1 heterocycles. The summed E-state index contributed by atoms with van der Waals surface area (Å²) in [6.07, 6.45) is 1.66. The first-order valence-electron chi connectivity index (χ1n) is 5.34. The van der Waals surface area contributed by atoms with Crippen molar-refractivity contribution in [1.82, 2.24) is 10.2 Å². The SMILES string of the molecule is Cc1cn[nH]c1NC(=O)CSc1ccccc1Cl. The van der Waals surface area contributed by atoms with Crippen molar-refractivity contribution in [3.05, 3.63) is 41.0 Å². The molecule has 1 aromatic carbocycles. The van der Waals surface area contributed by atoms with Gasteiger partial charge in [0, 0.05) is 10.5 Å². The van der Waals surface area contributed by atoms with Crippen LogP contribution in [0, 0.1) is 6.92 Å². The fourth-order valence-corrected chi connectivity index (χ4v) is 2.39. The Morgan fingerprint density at radius 2 is 2.28 bits per heavy atom. The van der Waals surface area contributed by atoms with Gasteiger partial charge in [0.1, 0.15) is 5.82 Å². The summed E-state index contributed by atoms with van der Waals surface area (Å²) in [7, 11) is 0. The number of carbonyl (C=O) groups excluding carboxylic acids is 1. The van der Waals surface area contributed by atoms with Gasteiger partial charge in [-0.2, -0.15) is 5.10 Å². The second-order valence-electron chi connectivity index (χ2n) is 3.70. The quantitative estimate of drug-likeness (QED) is 0.847. The smallest absolute Gasteiger partial charge is 0.235 e. The van der Waals surface area contributed by atoms with Crippen LogP contribution in [-0.4, -0.2) is 21.9 Å². The zero-order valence-corrected chi connectivity index (χ0v) is 11.3. The maximum atomic E-state index is 11.7. The van der Waals surface area contributed by atoms with Crippen LogP contribution in [0.15, 0.2) is 35.4 Å². The van der Waals surface area contributed by atoms with E-state index in [2.05, 4.69) is 15.5 Å². The minimum atomic E-state index is -0.0905. The highest BCUT2D eigenvalue weighted by molar-refractivity contribution is 8.00. The number of aromatic amines is 1. The van der Waals surface area contributed by atoms with E-state index in [0.29, 0.717) is 16.6 Å². The molecule has 2 N–H and O–H groups in total. The van der Waals surface area contributed by atoms with Crippen LogP contribution in [0.2, 0.25) is 5.02 Å². The Balaban J connectivity index is 1.90. The number of nitrogens with zero attached hydrogens (tertiary/aromatic N) is 1. The second kappa shape index (κ2) is 5.93. The number of thioether (sulfide) groups is 1. The number of benzene rings is 1. The summed E-state index contributed by atoms with van der Waals surface area (Å²) in [6, 6.07) is 7.45. The van der Waals surface area contributed by atoms with E-state index in [1.54, 1.807) is 12.3 Å². The van der Waals surface area contributed by atoms with Gasteiger partial charge < -0.3 is 5.32 Å². The molecule has 1 aromatic heterocycles. The number of aryl methyl sites for hydroxylation is 1. The van der Waals surface area contributed by atoms with Crippen LogP contribution in [-0.2, 0) is 4.79 Å². The third-order valence-electron chi connectivity index (χ3n) is 2.29. The van der Waals surface area contributed by atoms with Gasteiger partial charge in [-0.25, -0.2) is 0 Å². The molecule has 0 saturated heterocycles. The predicted molar refractivity (Wildman–Crippen MR) is 74.1 cm³/mol. The number of H-pyrrole nitrogens is 1. The van der Waals surface area contributed by atoms with E-state index in [0.717, 1.165) is 10.5 Å². The summed E-state index contributed by atoms with van der Waals surface area (Å²) >= 11 is 7.41. The van der Waals surface area contributed by atoms with Crippen molar-refractivity contribution < 1.29 is 4.79 Å². The lowest BCUT2D eigenvalue weighted by atomic mass is 10.4. The molecule has 0 unspecified atom stereocenters. The zero-order chi connectivity index (χ0) is 13.0. The number of rotatable bonds is 4. The van der Waals surface area contributed by atoms with E-state index in [4.69, 9.17) is 11.6 Å². The topological polar surface area (TPSA) is 57.8 Å². The fourth-order valence-electron chi connectivity index (χ4n) is 1.35. The minimum absolute atomic E-state index is 0.0905. The van der Waals surface area contributed by atoms with Crippen LogP contribution < -0.4 is 5.32 Å². The van der Waals surface area contributed by atoms with E-state index in [-0.39, 0.29) is 5.91 Å². The summed E-state index contributed by atoms with van der Waals surface area (Å²) in [5.41, 5.74) is 0.908. The van der Waals surface area contributed by atoms with E-state index in [9.17, 15) is 4.79 Å². The molecule has 0 aliphatic heterocycles. The Hall–Kier alpha value is -1.46. The molecule has 2 rings (SSSR count). The maximum Gasteiger partial charge on any atom is 0.235 e. The molecule has 0 radical (unpaired) electrons. The normalized spacial score (nSPS) is 10.3. The Morgan fingerprint density at radius 1 is 1.50 bits per heavy atom. The second-order valence-corrected chi connectivity index (χ2v) is 5.12. The molecule has 0 fully saturated rings. The first-order chi connectivity index (χ1) is 8.66. The lowest BCUT2D eigenvalue weighted by Crippen LogP contribution is -2.14. The number of hydrogen-bond acceptors (Lipinski definition) is 3. The number of nitrogens with one attached hydrogen (secondary N) is 2. The summed E-state index contributed by atoms with van der Waals surface area (Å²) in [5, 5.41) is 9.99. The van der Waals surface area contributed by atoms with E-state index in [1.165, 1.54) is 11.8 Å². The molecule has 0 spiro atoms. The van der Waals surface area contributed by atoms with Crippen LogP contribution in [0.3, 0.4) is 0 Å². The first-order valence-corrected chi connectivity index (χ1v) is 6.70. The van der Waals surface area contributed by atoms with Gasteiger partial charge in [0.05, 0.1) is 17.0 Å². The molecule has 1 amide bonds. The average molecular weight is 282 g/mol. The van der Waals surface area contributed by atoms with Crippen LogP contribution in [0.1, 0.15) is 5.56 Å². The van der Waals surface area contributed by atoms with Gasteiger partial charge in [-0.3, -0.25) is 9.89 Å². The van der Waals surface area contributed by atoms with E-state index in [1.807, 2.05) is 25.1 Å². The molecular formula is C12H12ClN3OS. The molecule has 0 aliphatic rings. The van der Waals surface area contributed by atoms with Gasteiger partial charge in [-0.1, -0.05) is 23.7 Å². The molecule has 4 nitrogen and oxygen atoms in total. The van der Waals surface area contributed by atoms with Crippen molar-refractivity contribution in [2.24, 2.45) is 0 Å². The fraction of sp³-hybridized carbons (Fsp3) is 0.167. The molecule has 0 atom stereocenters. The molecular weight excluding hydrogens is 270 g/mol. The number of halogens is 1. The minimum Gasteiger partial charge on any atom is -0.310 e. The third kappa shape index (κ3) is 3.27. The van der Waals surface area contributed by atoms with Gasteiger partial charge in [-0.15, -0.1) is 11.8 Å². The average Bonchev–Trinajstić information content (AvgIpc) is 2.74. The van der Waals surface area contributed by atoms with Gasteiger partial charge in [0.25, 0.3) is 0 Å². The van der Waals surface area contributed by atoms with Gasteiger partial charge in [0.2, 0.25) is 5.91 Å². The zero-order valence-electron chi connectivity index (χ0n) is 9.74. The molecule has 0 saturated carbocycles. The van der Waals surface area contributed by atoms with Gasteiger partial charge in [0.15, 0.2) is 0 Å². The lowest BCUT2D eigenvalue weighted by Gasteiger charge is -2.05. The highest BCUT2D eigenvalue weighted by atomic mass is 35.5. The molecule has 18 heavy (non-hydrogen) atoms. The Labute approximate surface area is 114 Å². The lowest BCUT2D eigenvalue weighted by molar-refractivity contribution is -0.113. The maximum absolute atomic E-state index is 11.7. The Bertz CT molecular complexity index is 556. The largest absolute Gasteiger partial charge is 0.310 e. The summed E-state index contributed by atoms with van der Waals surface area (Å²) in [5.74, 6) is 0.856. The first kappa shape index (κ1) is 13.0. The summed E-state index contributed by atoms with van der Waals surface area (Å²) in [6.45, 7) is 1.88. The van der Waals surface area contributed by atoms with Gasteiger partial charge in [-0.05, 0) is 19.1 Å². The highest BCUT2D eigenvalue weighted by Gasteiger charge is 2.08. The number of anilines is 1. The van der Waals surface area contributed by atoms with E-state index >= 15 is 0 Å². The highest BCUT2D eigenvalue weighted by Crippen LogP contribution is 2.26. The molecule has 6 heteroatoms. The van der Waals surface area contributed by atoms with Crippen molar-refractivity contribution in [1.29, 1.82) is 0 Å². The molecule has 0 aliphatic carbocycles. The Kier molecular flexibility index (Phi) is 4.28. The van der Waals surface area contributed by atoms with Crippen molar-refractivity contribution >= 4 is 35.1 Å². The van der Waals surface area contributed by atoms with Crippen molar-refractivity contribution in [2.45, 2.75) is 11.8 Å². The van der Waals surface area contributed by atoms with Crippen LogP contribution in [0.4, 0.5) is 5.82 Å². The number of amides is 1. The van der Waals surface area contributed by atoms with Crippen LogP contribution in [0.25, 0.3) is 0 Å². The predicted octanol–water partition coefficient (Wildman–Crippen LogP) is 3.10. The van der Waals surface area contributed by atoms with Crippen molar-refractivity contribution in [3.8, 4) is 0 Å². The summed E-state index contributed by atoms with van der Waals surface area (Å²) < 4.78 is 0. The Morgan fingerprint density at radius 3 is 2.94 bits per heavy atom. The monoisotopic (exact) mass is 281 g/mol. The van der Waals surface area contributed by atoms with Gasteiger partial charge >= 0.3 is 0 Å². The molecule has 94 valence electrons. The number of hydrogen-bond donors (Lipinski definition) is 2. The third-order valence-corrected chi connectivity index (χ3v) is 3.80. The van der Waals surface area contributed by atoms with Crippen molar-refractivity contribution in [3.63, 3.8) is 0 Å². The molecule has 0 bridgehead atoms. The van der Waals surface area contributed by atoms with Crippen LogP contribution >= 0.6 is 23.4 Å². The van der Waals surface area contributed by atoms with Crippen LogP contribution in [0.5, 0.6) is 0 Å². The number of aromatic nitrogens is 2. The van der Waals surface area contributed by atoms with E-state index < -0.39 is 0 Å². The summed E-state index contributed by atoms with van der Waals surface area (Å²) in [4.78, 5) is 12.6.